The van der Waals surface area contributed by atoms with Crippen molar-refractivity contribution < 1.29 is 38.7 Å². The lowest BCUT2D eigenvalue weighted by Gasteiger charge is -2.30. The molecule has 41 heavy (non-hydrogen) atoms. The van der Waals surface area contributed by atoms with Crippen molar-refractivity contribution in [2.75, 3.05) is 26.4 Å². The minimum absolute atomic E-state index is 0.0598. The van der Waals surface area contributed by atoms with E-state index in [4.69, 9.17) is 28.8 Å². The predicted molar refractivity (Wildman–Crippen MR) is 155 cm³/mol. The highest BCUT2D eigenvalue weighted by Crippen LogP contribution is 2.40. The predicted octanol–water partition coefficient (Wildman–Crippen LogP) is 5.63. The molecule has 5 rings (SSSR count). The first-order valence-electron chi connectivity index (χ1n) is 14.9. The van der Waals surface area contributed by atoms with E-state index in [2.05, 4.69) is 24.3 Å². The van der Waals surface area contributed by atoms with Gasteiger partial charge in [0, 0.05) is 25.4 Å². The van der Waals surface area contributed by atoms with Crippen LogP contribution in [-0.2, 0) is 23.7 Å². The second-order valence-electron chi connectivity index (χ2n) is 11.2. The molecule has 5 atom stereocenters. The Hall–Kier alpha value is -2.75. The Morgan fingerprint density at radius 1 is 1.05 bits per heavy atom. The number of rotatable bonds is 13. The molecule has 8 nitrogen and oxygen atoms in total. The van der Waals surface area contributed by atoms with Crippen LogP contribution in [0.15, 0.2) is 66.8 Å². The van der Waals surface area contributed by atoms with Crippen molar-refractivity contribution in [3.05, 3.63) is 66.8 Å². The molecule has 2 aliphatic heterocycles. The van der Waals surface area contributed by atoms with E-state index in [0.29, 0.717) is 45.5 Å². The number of ether oxygens (including phenoxy) is 5. The van der Waals surface area contributed by atoms with Gasteiger partial charge in [-0.3, -0.25) is 4.79 Å². The molecular formula is C33H42O8. The van der Waals surface area contributed by atoms with Gasteiger partial charge >= 0.3 is 5.97 Å². The lowest BCUT2D eigenvalue weighted by atomic mass is 9.89. The number of carboxylic acid groups (broad SMARTS) is 1. The molecule has 0 aromatic heterocycles. The summed E-state index contributed by atoms with van der Waals surface area (Å²) in [5, 5.41) is 22.2. The van der Waals surface area contributed by atoms with Crippen LogP contribution in [0.2, 0.25) is 0 Å². The summed E-state index contributed by atoms with van der Waals surface area (Å²) in [5.74, 6) is -1.20. The molecule has 3 fully saturated rings. The highest BCUT2D eigenvalue weighted by Gasteiger charge is 2.44. The molecular weight excluding hydrogens is 524 g/mol. The maximum absolute atomic E-state index is 11.1. The van der Waals surface area contributed by atoms with Crippen molar-refractivity contribution in [2.24, 2.45) is 11.8 Å². The number of benzene rings is 2. The van der Waals surface area contributed by atoms with Crippen LogP contribution in [0.4, 0.5) is 0 Å². The number of aliphatic carboxylic acids is 1. The minimum atomic E-state index is -1.03. The highest BCUT2D eigenvalue weighted by atomic mass is 16.8. The van der Waals surface area contributed by atoms with Crippen LogP contribution >= 0.6 is 0 Å². The minimum Gasteiger partial charge on any atom is -0.488 e. The molecule has 1 saturated carbocycles. The third-order valence-electron chi connectivity index (χ3n) is 8.20. The first kappa shape index (κ1) is 29.7. The third-order valence-corrected chi connectivity index (χ3v) is 8.20. The molecule has 0 amide bonds. The fraction of sp³-hybridized carbons (Fsp3) is 0.545. The Balaban J connectivity index is 1.28. The van der Waals surface area contributed by atoms with E-state index >= 15 is 0 Å². The van der Waals surface area contributed by atoms with Gasteiger partial charge in [0.25, 0.3) is 0 Å². The number of fused-ring (bicyclic) bond motifs is 1. The molecule has 0 spiro atoms. The Labute approximate surface area is 241 Å². The van der Waals surface area contributed by atoms with Crippen molar-refractivity contribution in [1.29, 1.82) is 0 Å². The Morgan fingerprint density at radius 3 is 2.66 bits per heavy atom. The van der Waals surface area contributed by atoms with E-state index in [-0.39, 0.29) is 37.3 Å². The summed E-state index contributed by atoms with van der Waals surface area (Å²) in [4.78, 5) is 10.8. The molecule has 2 saturated heterocycles. The second kappa shape index (κ2) is 14.4. The Bertz CT molecular complexity index is 1180. The second-order valence-corrected chi connectivity index (χ2v) is 11.2. The van der Waals surface area contributed by atoms with Crippen molar-refractivity contribution in [1.82, 2.24) is 0 Å². The van der Waals surface area contributed by atoms with E-state index in [0.717, 1.165) is 35.8 Å². The number of carboxylic acids is 1. The van der Waals surface area contributed by atoms with E-state index in [1.807, 2.05) is 42.5 Å². The van der Waals surface area contributed by atoms with Crippen molar-refractivity contribution in [2.45, 2.75) is 75.7 Å². The fourth-order valence-corrected chi connectivity index (χ4v) is 5.98. The zero-order valence-corrected chi connectivity index (χ0v) is 23.6. The number of aliphatic hydroxyl groups is 1. The first-order chi connectivity index (χ1) is 20.0. The van der Waals surface area contributed by atoms with E-state index in [9.17, 15) is 9.90 Å². The average molecular weight is 567 g/mol. The number of aliphatic hydroxyl groups excluding tert-OH is 1. The number of carbonyl (C=O) groups is 1. The zero-order valence-electron chi connectivity index (χ0n) is 23.6. The van der Waals surface area contributed by atoms with Gasteiger partial charge in [-0.05, 0) is 73.4 Å². The largest absolute Gasteiger partial charge is 0.488 e. The summed E-state index contributed by atoms with van der Waals surface area (Å²) >= 11 is 0. The SMILES string of the molecule is O=C(O)CCC/C=C\C[C@@H]1[C@@H](/C=C/C2(COc3ccc4ccccc4c3)OCCO2)[C@H](OC2CCCCO2)C[C@@H]1O. The number of allylic oxidation sites excluding steroid dienone is 2. The average Bonchev–Trinajstić information content (AvgIpc) is 3.57. The molecule has 2 heterocycles. The van der Waals surface area contributed by atoms with Crippen molar-refractivity contribution in [3.63, 3.8) is 0 Å². The molecule has 2 aromatic rings. The zero-order chi connectivity index (χ0) is 28.5. The molecule has 0 bridgehead atoms. The summed E-state index contributed by atoms with van der Waals surface area (Å²) in [6.45, 7) is 1.83. The summed E-state index contributed by atoms with van der Waals surface area (Å²) < 4.78 is 30.6. The highest BCUT2D eigenvalue weighted by molar-refractivity contribution is 5.83. The fourth-order valence-electron chi connectivity index (χ4n) is 5.98. The number of hydrogen-bond donors (Lipinski definition) is 2. The number of hydrogen-bond acceptors (Lipinski definition) is 7. The molecule has 2 N–H and O–H groups in total. The van der Waals surface area contributed by atoms with Gasteiger partial charge < -0.3 is 33.9 Å². The maximum atomic E-state index is 11.1. The van der Waals surface area contributed by atoms with Crippen LogP contribution in [0, 0.1) is 11.8 Å². The van der Waals surface area contributed by atoms with Gasteiger partial charge in [0.1, 0.15) is 12.4 Å². The molecule has 222 valence electrons. The van der Waals surface area contributed by atoms with Crippen LogP contribution in [-0.4, -0.2) is 66.9 Å². The maximum Gasteiger partial charge on any atom is 0.303 e. The van der Waals surface area contributed by atoms with Gasteiger partial charge in [-0.2, -0.15) is 0 Å². The molecule has 0 radical (unpaired) electrons. The first-order valence-corrected chi connectivity index (χ1v) is 14.9. The smallest absolute Gasteiger partial charge is 0.303 e. The monoisotopic (exact) mass is 566 g/mol. The van der Waals surface area contributed by atoms with E-state index in [1.54, 1.807) is 0 Å². The van der Waals surface area contributed by atoms with Crippen LogP contribution in [0.25, 0.3) is 10.8 Å². The molecule has 2 aromatic carbocycles. The summed E-state index contributed by atoms with van der Waals surface area (Å²) in [6.07, 6.45) is 12.7. The topological polar surface area (TPSA) is 104 Å². The van der Waals surface area contributed by atoms with Crippen molar-refractivity contribution in [3.8, 4) is 5.75 Å². The van der Waals surface area contributed by atoms with Crippen LogP contribution in [0.3, 0.4) is 0 Å². The number of unbranched alkanes of at least 4 members (excludes halogenated alkanes) is 1. The molecule has 3 aliphatic rings. The molecule has 1 unspecified atom stereocenters. The van der Waals surface area contributed by atoms with Gasteiger partial charge in [0.15, 0.2) is 6.29 Å². The molecule has 8 heteroatoms. The van der Waals surface area contributed by atoms with Gasteiger partial charge in [-0.1, -0.05) is 48.6 Å². The van der Waals surface area contributed by atoms with Crippen LogP contribution in [0.5, 0.6) is 5.75 Å². The summed E-state index contributed by atoms with van der Waals surface area (Å²) in [7, 11) is 0. The summed E-state index contributed by atoms with van der Waals surface area (Å²) in [6, 6.07) is 14.2. The Kier molecular flexibility index (Phi) is 10.5. The third kappa shape index (κ3) is 8.17. The summed E-state index contributed by atoms with van der Waals surface area (Å²) in [5.41, 5.74) is 0. The van der Waals surface area contributed by atoms with E-state index < -0.39 is 17.9 Å². The van der Waals surface area contributed by atoms with Crippen LogP contribution in [0.1, 0.15) is 51.4 Å². The van der Waals surface area contributed by atoms with Gasteiger partial charge in [0.05, 0.1) is 25.4 Å². The molecule has 1 aliphatic carbocycles. The van der Waals surface area contributed by atoms with Gasteiger partial charge in [-0.15, -0.1) is 0 Å². The van der Waals surface area contributed by atoms with Gasteiger partial charge in [-0.25, -0.2) is 0 Å². The van der Waals surface area contributed by atoms with Crippen LogP contribution < -0.4 is 4.74 Å². The normalized spacial score (nSPS) is 28.2. The van der Waals surface area contributed by atoms with Crippen molar-refractivity contribution >= 4 is 16.7 Å². The quantitative estimate of drug-likeness (QED) is 0.238. The van der Waals surface area contributed by atoms with Gasteiger partial charge in [0.2, 0.25) is 5.79 Å². The Morgan fingerprint density at radius 2 is 1.88 bits per heavy atom. The lowest BCUT2D eigenvalue weighted by Crippen LogP contribution is -2.36. The van der Waals surface area contributed by atoms with E-state index in [1.165, 1.54) is 0 Å². The standard InChI is InChI=1S/C33H42O8/c34-29-22-30(41-32-13-7-8-18-37-32)28(27(29)11-3-1-2-4-12-31(35)36)16-17-33(39-19-20-40-33)23-38-26-15-14-24-9-5-6-10-25(24)21-26/h1,3,5-6,9-10,14-17,21,27-30,32,34H,2,4,7-8,11-13,18-20,22-23H2,(H,35,36)/b3-1-,17-16+/t27-,28-,29+,30-,32?/m1/s1. The lowest BCUT2D eigenvalue weighted by molar-refractivity contribution is -0.193.